The summed E-state index contributed by atoms with van der Waals surface area (Å²) in [4.78, 5) is 26.9. The first-order valence-electron chi connectivity index (χ1n) is 9.67. The second kappa shape index (κ2) is 8.57. The number of hydrogen-bond donors (Lipinski definition) is 0. The molecule has 3 rings (SSSR count). The van der Waals surface area contributed by atoms with E-state index >= 15 is 0 Å². The smallest absolute Gasteiger partial charge is 0.324 e. The highest BCUT2D eigenvalue weighted by molar-refractivity contribution is 5.88. The van der Waals surface area contributed by atoms with Gasteiger partial charge >= 0.3 is 5.97 Å². The third-order valence-electron chi connectivity index (χ3n) is 4.80. The maximum absolute atomic E-state index is 12.6. The number of esters is 1. The van der Waals surface area contributed by atoms with Gasteiger partial charge < -0.3 is 9.47 Å². The maximum Gasteiger partial charge on any atom is 0.324 e. The molecule has 1 heterocycles. The van der Waals surface area contributed by atoms with Gasteiger partial charge in [0.1, 0.15) is 28.9 Å². The van der Waals surface area contributed by atoms with E-state index in [4.69, 9.17) is 9.47 Å². The van der Waals surface area contributed by atoms with Crippen molar-refractivity contribution in [2.24, 2.45) is 0 Å². The Hall–Kier alpha value is -2.66. The zero-order valence-corrected chi connectivity index (χ0v) is 16.7. The molecule has 2 aromatic rings. The number of para-hydroxylation sites is 1. The zero-order chi connectivity index (χ0) is 20.1. The summed E-state index contributed by atoms with van der Waals surface area (Å²) >= 11 is 0. The molecule has 0 amide bonds. The Morgan fingerprint density at radius 3 is 2.39 bits per heavy atom. The molecule has 0 saturated carbocycles. The fourth-order valence-electron chi connectivity index (χ4n) is 3.48. The van der Waals surface area contributed by atoms with E-state index in [0.717, 1.165) is 17.1 Å². The monoisotopic (exact) mass is 381 g/mol. The normalized spacial score (nSPS) is 19.1. The summed E-state index contributed by atoms with van der Waals surface area (Å²) in [6.07, 6.45) is 0.460. The Labute approximate surface area is 166 Å². The van der Waals surface area contributed by atoms with Crippen LogP contribution in [0.1, 0.15) is 32.8 Å². The molecule has 1 atom stereocenters. The van der Waals surface area contributed by atoms with Crippen molar-refractivity contribution in [3.63, 3.8) is 0 Å². The van der Waals surface area contributed by atoms with Crippen molar-refractivity contribution in [2.45, 2.75) is 45.3 Å². The van der Waals surface area contributed by atoms with Gasteiger partial charge in [-0.2, -0.15) is 0 Å². The molecule has 1 aliphatic rings. The second-order valence-electron chi connectivity index (χ2n) is 7.74. The summed E-state index contributed by atoms with van der Waals surface area (Å²) in [5, 5.41) is 0. The molecule has 5 nitrogen and oxygen atoms in total. The van der Waals surface area contributed by atoms with Gasteiger partial charge in [0.25, 0.3) is 0 Å². The van der Waals surface area contributed by atoms with Crippen LogP contribution in [0.25, 0.3) is 0 Å². The van der Waals surface area contributed by atoms with Crippen LogP contribution >= 0.6 is 0 Å². The molecule has 5 heteroatoms. The van der Waals surface area contributed by atoms with Crippen molar-refractivity contribution in [1.29, 1.82) is 0 Å². The van der Waals surface area contributed by atoms with Gasteiger partial charge in [0.05, 0.1) is 0 Å². The molecule has 28 heavy (non-hydrogen) atoms. The lowest BCUT2D eigenvalue weighted by atomic mass is 9.98. The van der Waals surface area contributed by atoms with Crippen molar-refractivity contribution in [1.82, 2.24) is 4.90 Å². The molecule has 0 spiro atoms. The summed E-state index contributed by atoms with van der Waals surface area (Å²) in [6.45, 7) is 7.13. The van der Waals surface area contributed by atoms with Crippen molar-refractivity contribution < 1.29 is 19.1 Å². The molecule has 2 aromatic carbocycles. The average Bonchev–Trinajstić information content (AvgIpc) is 2.65. The number of benzene rings is 2. The summed E-state index contributed by atoms with van der Waals surface area (Å²) in [5.74, 6) is 1.21. The number of morpholine rings is 1. The van der Waals surface area contributed by atoms with Gasteiger partial charge in [-0.1, -0.05) is 37.3 Å². The quantitative estimate of drug-likeness (QED) is 0.679. The minimum absolute atomic E-state index is 0.0248. The summed E-state index contributed by atoms with van der Waals surface area (Å²) in [7, 11) is 0. The Morgan fingerprint density at radius 1 is 1.11 bits per heavy atom. The van der Waals surface area contributed by atoms with Crippen molar-refractivity contribution >= 4 is 11.8 Å². The number of Topliss-reactive ketones (excluding diaryl/α,β-unsaturated/α-hetero) is 1. The van der Waals surface area contributed by atoms with Crippen molar-refractivity contribution in [3.8, 4) is 11.5 Å². The minimum atomic E-state index is -0.513. The molecular weight excluding hydrogens is 354 g/mol. The molecule has 0 bridgehead atoms. The van der Waals surface area contributed by atoms with Gasteiger partial charge in [0.15, 0.2) is 0 Å². The van der Waals surface area contributed by atoms with E-state index in [1.807, 2.05) is 80.3 Å². The number of cyclic esters (lactones) is 1. The van der Waals surface area contributed by atoms with Gasteiger partial charge in [-0.25, -0.2) is 0 Å². The summed E-state index contributed by atoms with van der Waals surface area (Å²) in [6, 6.07) is 16.5. The van der Waals surface area contributed by atoms with E-state index in [1.54, 1.807) is 0 Å². The van der Waals surface area contributed by atoms with Crippen LogP contribution in [0.5, 0.6) is 11.5 Å². The molecule has 1 saturated heterocycles. The van der Waals surface area contributed by atoms with Crippen LogP contribution in [-0.2, 0) is 20.7 Å². The molecular formula is C23H27NO4. The fourth-order valence-corrected chi connectivity index (χ4v) is 3.48. The Morgan fingerprint density at radius 2 is 1.75 bits per heavy atom. The largest absolute Gasteiger partial charge is 0.457 e. The van der Waals surface area contributed by atoms with Crippen LogP contribution in [0.2, 0.25) is 0 Å². The van der Waals surface area contributed by atoms with E-state index in [-0.39, 0.29) is 24.6 Å². The molecule has 0 N–H and O–H groups in total. The average molecular weight is 381 g/mol. The van der Waals surface area contributed by atoms with Crippen LogP contribution in [0.3, 0.4) is 0 Å². The number of rotatable bonds is 7. The number of carbonyl (C=O) groups excluding carboxylic acids is 2. The zero-order valence-electron chi connectivity index (χ0n) is 16.7. The van der Waals surface area contributed by atoms with E-state index < -0.39 is 11.6 Å². The fraction of sp³-hybridized carbons (Fsp3) is 0.391. The van der Waals surface area contributed by atoms with Gasteiger partial charge in [0.2, 0.25) is 0 Å². The van der Waals surface area contributed by atoms with Crippen LogP contribution < -0.4 is 4.74 Å². The SMILES string of the molecule is CCN1CC(C)(C)OC(=O)C1CC(=O)Cc1ccc(Oc2ccccc2)cc1. The number of ether oxygens (including phenoxy) is 2. The lowest BCUT2D eigenvalue weighted by molar-refractivity contribution is -0.178. The standard InChI is InChI=1S/C23H27NO4/c1-4-24-16-23(2,3)28-22(26)21(24)15-18(25)14-17-10-12-20(13-11-17)27-19-8-6-5-7-9-19/h5-13,21H,4,14-16H2,1-3H3. The predicted molar refractivity (Wildman–Crippen MR) is 107 cm³/mol. The van der Waals surface area contributed by atoms with E-state index in [2.05, 4.69) is 0 Å². The van der Waals surface area contributed by atoms with Crippen LogP contribution in [0, 0.1) is 0 Å². The highest BCUT2D eigenvalue weighted by Crippen LogP contribution is 2.25. The third-order valence-corrected chi connectivity index (χ3v) is 4.80. The second-order valence-corrected chi connectivity index (χ2v) is 7.74. The number of likely N-dealkylation sites (N-methyl/N-ethyl adjacent to an activating group) is 1. The highest BCUT2D eigenvalue weighted by atomic mass is 16.6. The lowest BCUT2D eigenvalue weighted by Crippen LogP contribution is -2.57. The molecule has 0 aliphatic carbocycles. The number of hydrogen-bond acceptors (Lipinski definition) is 5. The lowest BCUT2D eigenvalue weighted by Gasteiger charge is -2.41. The number of carbonyl (C=O) groups is 2. The van der Waals surface area contributed by atoms with Gasteiger partial charge in [-0.3, -0.25) is 14.5 Å². The van der Waals surface area contributed by atoms with Gasteiger partial charge in [-0.15, -0.1) is 0 Å². The Bertz CT molecular complexity index is 814. The third kappa shape index (κ3) is 5.20. The number of nitrogens with zero attached hydrogens (tertiary/aromatic N) is 1. The van der Waals surface area contributed by atoms with E-state index in [0.29, 0.717) is 13.1 Å². The maximum atomic E-state index is 12.6. The first-order valence-corrected chi connectivity index (χ1v) is 9.67. The highest BCUT2D eigenvalue weighted by Gasteiger charge is 2.40. The first-order chi connectivity index (χ1) is 13.4. The van der Waals surface area contributed by atoms with Crippen LogP contribution in [0.4, 0.5) is 0 Å². The summed E-state index contributed by atoms with van der Waals surface area (Å²) < 4.78 is 11.3. The van der Waals surface area contributed by atoms with E-state index in [1.165, 1.54) is 0 Å². The van der Waals surface area contributed by atoms with Gasteiger partial charge in [0, 0.05) is 19.4 Å². The molecule has 1 fully saturated rings. The molecule has 0 radical (unpaired) electrons. The van der Waals surface area contributed by atoms with E-state index in [9.17, 15) is 9.59 Å². The molecule has 1 aliphatic heterocycles. The first kappa shape index (κ1) is 20.1. The Kier molecular flexibility index (Phi) is 6.15. The Balaban J connectivity index is 1.58. The molecule has 1 unspecified atom stereocenters. The predicted octanol–water partition coefficient (Wildman–Crippen LogP) is 4.01. The van der Waals surface area contributed by atoms with Gasteiger partial charge in [-0.05, 0) is 50.2 Å². The van der Waals surface area contributed by atoms with Crippen molar-refractivity contribution in [3.05, 3.63) is 60.2 Å². The van der Waals surface area contributed by atoms with Crippen molar-refractivity contribution in [2.75, 3.05) is 13.1 Å². The summed E-state index contributed by atoms with van der Waals surface area (Å²) in [5.41, 5.74) is 0.388. The number of ketones is 1. The molecule has 148 valence electrons. The van der Waals surface area contributed by atoms with Crippen LogP contribution in [-0.4, -0.2) is 41.4 Å². The van der Waals surface area contributed by atoms with Crippen LogP contribution in [0.15, 0.2) is 54.6 Å². The molecule has 0 aromatic heterocycles. The topological polar surface area (TPSA) is 55.8 Å². The minimum Gasteiger partial charge on any atom is -0.457 e.